The zero-order valence-electron chi connectivity index (χ0n) is 14.4. The van der Waals surface area contributed by atoms with E-state index in [1.54, 1.807) is 55.5 Å². The number of sulfonamides is 1. The van der Waals surface area contributed by atoms with Crippen molar-refractivity contribution in [3.63, 3.8) is 0 Å². The van der Waals surface area contributed by atoms with E-state index < -0.39 is 16.1 Å². The van der Waals surface area contributed by atoms with E-state index in [0.29, 0.717) is 22.2 Å². The summed E-state index contributed by atoms with van der Waals surface area (Å²) in [5.74, 6) is -0.372. The predicted octanol–water partition coefficient (Wildman–Crippen LogP) is 3.85. The molecule has 8 heteroatoms. The number of rotatable bonds is 7. The fourth-order valence-corrected chi connectivity index (χ4v) is 4.02. The normalized spacial score (nSPS) is 12.5. The highest BCUT2D eigenvalue weighted by atomic mass is 35.5. The van der Waals surface area contributed by atoms with Crippen LogP contribution < -0.4 is 9.62 Å². The van der Waals surface area contributed by atoms with E-state index in [1.165, 1.54) is 0 Å². The molecule has 1 amide bonds. The van der Waals surface area contributed by atoms with Crippen LogP contribution in [0.3, 0.4) is 0 Å². The number of hydrogen-bond donors (Lipinski definition) is 1. The number of halogens is 2. The first kappa shape index (κ1) is 20.6. The van der Waals surface area contributed by atoms with Crippen LogP contribution in [-0.2, 0) is 21.4 Å². The second-order valence-corrected chi connectivity index (χ2v) is 8.54. The molecule has 0 unspecified atom stereocenters. The van der Waals surface area contributed by atoms with E-state index in [4.69, 9.17) is 23.2 Å². The van der Waals surface area contributed by atoms with E-state index >= 15 is 0 Å². The second kappa shape index (κ2) is 8.75. The molecule has 2 aromatic carbocycles. The number of carbonyl (C=O) groups is 1. The lowest BCUT2D eigenvalue weighted by Crippen LogP contribution is -2.49. The quantitative estimate of drug-likeness (QED) is 0.747. The van der Waals surface area contributed by atoms with Crippen LogP contribution in [0.15, 0.2) is 48.5 Å². The molecule has 2 rings (SSSR count). The molecule has 0 aliphatic heterocycles. The fraction of sp³-hybridized carbons (Fsp3) is 0.278. The van der Waals surface area contributed by atoms with Gasteiger partial charge >= 0.3 is 0 Å². The minimum absolute atomic E-state index is 0.282. The molecule has 0 aliphatic rings. The van der Waals surface area contributed by atoms with Gasteiger partial charge in [0.1, 0.15) is 6.04 Å². The molecule has 0 aliphatic carbocycles. The maximum Gasteiger partial charge on any atom is 0.244 e. The van der Waals surface area contributed by atoms with Crippen LogP contribution in [0.1, 0.15) is 18.9 Å². The Bertz CT molecular complexity index is 853. The maximum atomic E-state index is 12.7. The van der Waals surface area contributed by atoms with Crippen molar-refractivity contribution >= 4 is 44.8 Å². The zero-order chi connectivity index (χ0) is 19.3. The van der Waals surface area contributed by atoms with Crippen LogP contribution in [0.2, 0.25) is 10.0 Å². The van der Waals surface area contributed by atoms with Crippen molar-refractivity contribution < 1.29 is 13.2 Å². The summed E-state index contributed by atoms with van der Waals surface area (Å²) in [7, 11) is -3.66. The smallest absolute Gasteiger partial charge is 0.244 e. The first-order valence-electron chi connectivity index (χ1n) is 7.99. The number of nitrogens with one attached hydrogen (secondary N) is 1. The molecule has 0 aromatic heterocycles. The molecule has 1 atom stereocenters. The second-order valence-electron chi connectivity index (χ2n) is 5.80. The van der Waals surface area contributed by atoms with Crippen LogP contribution >= 0.6 is 23.2 Å². The van der Waals surface area contributed by atoms with Crippen molar-refractivity contribution in [3.8, 4) is 0 Å². The number of carbonyl (C=O) groups excluding carboxylic acids is 1. The van der Waals surface area contributed by atoms with Crippen LogP contribution in [0.5, 0.6) is 0 Å². The molecule has 5 nitrogen and oxygen atoms in total. The lowest BCUT2D eigenvalue weighted by atomic mass is 10.1. The molecule has 0 bridgehead atoms. The summed E-state index contributed by atoms with van der Waals surface area (Å²) in [6.07, 6.45) is 1.40. The standard InChI is InChI=1S/C18H20Cl2N2O3S/c1-3-17(18(23)21-12-13-4-6-14(19)7-5-13)22(26(2,24)25)16-10-8-15(20)9-11-16/h4-11,17H,3,12H2,1-2H3,(H,21,23)/t17-/m1/s1. The summed E-state index contributed by atoms with van der Waals surface area (Å²) in [5, 5.41) is 3.89. The third kappa shape index (κ3) is 5.37. The molecule has 0 radical (unpaired) electrons. The highest BCUT2D eigenvalue weighted by molar-refractivity contribution is 7.92. The van der Waals surface area contributed by atoms with E-state index in [9.17, 15) is 13.2 Å². The SMILES string of the molecule is CC[C@H](C(=O)NCc1ccc(Cl)cc1)N(c1ccc(Cl)cc1)S(C)(=O)=O. The van der Waals surface area contributed by atoms with Gasteiger partial charge in [0.2, 0.25) is 15.9 Å². The lowest BCUT2D eigenvalue weighted by molar-refractivity contribution is -0.122. The van der Waals surface area contributed by atoms with Gasteiger partial charge in [-0.05, 0) is 48.4 Å². The Labute approximate surface area is 164 Å². The van der Waals surface area contributed by atoms with Gasteiger partial charge in [0, 0.05) is 16.6 Å². The number of nitrogens with zero attached hydrogens (tertiary/aromatic N) is 1. The number of hydrogen-bond acceptors (Lipinski definition) is 3. The Morgan fingerprint density at radius 2 is 1.54 bits per heavy atom. The van der Waals surface area contributed by atoms with Crippen molar-refractivity contribution in [2.45, 2.75) is 25.9 Å². The van der Waals surface area contributed by atoms with Crippen molar-refractivity contribution in [1.29, 1.82) is 0 Å². The first-order chi connectivity index (χ1) is 12.2. The molecular weight excluding hydrogens is 395 g/mol. The molecule has 0 saturated carbocycles. The van der Waals surface area contributed by atoms with Crippen LogP contribution in [0.25, 0.3) is 0 Å². The van der Waals surface area contributed by atoms with Gasteiger partial charge in [-0.1, -0.05) is 42.3 Å². The molecule has 0 saturated heterocycles. The van der Waals surface area contributed by atoms with Crippen LogP contribution in [-0.4, -0.2) is 26.6 Å². The summed E-state index contributed by atoms with van der Waals surface area (Å²) in [5.41, 5.74) is 1.26. The fourth-order valence-electron chi connectivity index (χ4n) is 2.56. The van der Waals surface area contributed by atoms with Crippen LogP contribution in [0.4, 0.5) is 5.69 Å². The molecular formula is C18H20Cl2N2O3S. The largest absolute Gasteiger partial charge is 0.350 e. The topological polar surface area (TPSA) is 66.5 Å². The summed E-state index contributed by atoms with van der Waals surface area (Å²) >= 11 is 11.7. The Balaban J connectivity index is 2.22. The zero-order valence-corrected chi connectivity index (χ0v) is 16.8. The number of amides is 1. The third-order valence-corrected chi connectivity index (χ3v) is 5.47. The number of benzene rings is 2. The van der Waals surface area contributed by atoms with Gasteiger partial charge in [0.25, 0.3) is 0 Å². The Hall–Kier alpha value is -1.76. The van der Waals surface area contributed by atoms with Crippen molar-refractivity contribution in [2.75, 3.05) is 10.6 Å². The van der Waals surface area contributed by atoms with Gasteiger partial charge in [0.05, 0.1) is 11.9 Å². The van der Waals surface area contributed by atoms with Gasteiger partial charge in [0.15, 0.2) is 0 Å². The summed E-state index contributed by atoms with van der Waals surface area (Å²) in [6.45, 7) is 2.05. The summed E-state index contributed by atoms with van der Waals surface area (Å²) in [6, 6.07) is 12.6. The van der Waals surface area contributed by atoms with E-state index in [1.807, 2.05) is 0 Å². The first-order valence-corrected chi connectivity index (χ1v) is 10.6. The third-order valence-electron chi connectivity index (χ3n) is 3.79. The Kier molecular flexibility index (Phi) is 6.92. The van der Waals surface area contributed by atoms with Gasteiger partial charge in [-0.15, -0.1) is 0 Å². The van der Waals surface area contributed by atoms with Gasteiger partial charge in [-0.25, -0.2) is 8.42 Å². The van der Waals surface area contributed by atoms with Gasteiger partial charge in [-0.3, -0.25) is 9.10 Å². The van der Waals surface area contributed by atoms with Crippen molar-refractivity contribution in [1.82, 2.24) is 5.32 Å². The molecule has 0 spiro atoms. The summed E-state index contributed by atoms with van der Waals surface area (Å²) < 4.78 is 25.8. The molecule has 26 heavy (non-hydrogen) atoms. The lowest BCUT2D eigenvalue weighted by Gasteiger charge is -2.30. The molecule has 1 N–H and O–H groups in total. The van der Waals surface area contributed by atoms with Gasteiger partial charge in [-0.2, -0.15) is 0 Å². The highest BCUT2D eigenvalue weighted by Crippen LogP contribution is 2.24. The maximum absolute atomic E-state index is 12.7. The molecule has 140 valence electrons. The summed E-state index contributed by atoms with van der Waals surface area (Å²) in [4.78, 5) is 12.7. The molecule has 2 aromatic rings. The minimum atomic E-state index is -3.66. The van der Waals surface area contributed by atoms with E-state index in [0.717, 1.165) is 16.1 Å². The molecule has 0 fully saturated rings. The predicted molar refractivity (Wildman–Crippen MR) is 106 cm³/mol. The Morgan fingerprint density at radius 1 is 1.04 bits per heavy atom. The minimum Gasteiger partial charge on any atom is -0.350 e. The van der Waals surface area contributed by atoms with Crippen LogP contribution in [0, 0.1) is 0 Å². The molecule has 0 heterocycles. The van der Waals surface area contributed by atoms with E-state index in [2.05, 4.69) is 5.32 Å². The average molecular weight is 415 g/mol. The van der Waals surface area contributed by atoms with E-state index in [-0.39, 0.29) is 12.5 Å². The Morgan fingerprint density at radius 3 is 2.00 bits per heavy atom. The van der Waals surface area contributed by atoms with Crippen molar-refractivity contribution in [3.05, 3.63) is 64.1 Å². The van der Waals surface area contributed by atoms with Gasteiger partial charge < -0.3 is 5.32 Å². The number of anilines is 1. The monoisotopic (exact) mass is 414 g/mol. The average Bonchev–Trinajstić information content (AvgIpc) is 2.59. The highest BCUT2D eigenvalue weighted by Gasteiger charge is 2.31. The van der Waals surface area contributed by atoms with Crippen molar-refractivity contribution in [2.24, 2.45) is 0 Å².